The molecular weight excluding hydrogens is 228 g/mol. The quantitative estimate of drug-likeness (QED) is 0.807. The van der Waals surface area contributed by atoms with Crippen LogP contribution in [0.2, 0.25) is 0 Å². The summed E-state index contributed by atoms with van der Waals surface area (Å²) in [5.41, 5.74) is 0. The lowest BCUT2D eigenvalue weighted by molar-refractivity contribution is 0.123. The molecule has 2 rings (SSSR count). The van der Waals surface area contributed by atoms with Crippen molar-refractivity contribution in [2.45, 2.75) is 58.5 Å². The van der Waals surface area contributed by atoms with Gasteiger partial charge in [-0.05, 0) is 48.7 Å². The SMILES string of the molecule is CC1CCCC(CC2CSCC(O)C(C)C2)C1. The summed E-state index contributed by atoms with van der Waals surface area (Å²) in [6.45, 7) is 4.65. The van der Waals surface area contributed by atoms with Crippen LogP contribution < -0.4 is 0 Å². The van der Waals surface area contributed by atoms with Gasteiger partial charge in [-0.2, -0.15) is 11.8 Å². The van der Waals surface area contributed by atoms with E-state index in [4.69, 9.17) is 0 Å². The average Bonchev–Trinajstić information content (AvgIpc) is 2.42. The second kappa shape index (κ2) is 6.47. The summed E-state index contributed by atoms with van der Waals surface area (Å²) in [6.07, 6.45) is 8.43. The Morgan fingerprint density at radius 2 is 1.88 bits per heavy atom. The molecule has 1 aliphatic carbocycles. The van der Waals surface area contributed by atoms with Crippen LogP contribution >= 0.6 is 11.8 Å². The molecule has 1 nitrogen and oxygen atoms in total. The molecule has 1 aliphatic heterocycles. The molecule has 0 amide bonds. The van der Waals surface area contributed by atoms with Gasteiger partial charge in [0.15, 0.2) is 0 Å². The summed E-state index contributed by atoms with van der Waals surface area (Å²) >= 11 is 1.98. The van der Waals surface area contributed by atoms with E-state index < -0.39 is 0 Å². The first-order valence-corrected chi connectivity index (χ1v) is 8.56. The van der Waals surface area contributed by atoms with E-state index in [1.54, 1.807) is 0 Å². The van der Waals surface area contributed by atoms with E-state index in [0.29, 0.717) is 5.92 Å². The fourth-order valence-corrected chi connectivity index (χ4v) is 4.99. The highest BCUT2D eigenvalue weighted by Crippen LogP contribution is 2.37. The minimum absolute atomic E-state index is 0.0599. The van der Waals surface area contributed by atoms with Crippen molar-refractivity contribution in [3.8, 4) is 0 Å². The van der Waals surface area contributed by atoms with Crippen molar-refractivity contribution in [1.82, 2.24) is 0 Å². The molecule has 1 saturated heterocycles. The van der Waals surface area contributed by atoms with Crippen molar-refractivity contribution in [2.24, 2.45) is 23.7 Å². The summed E-state index contributed by atoms with van der Waals surface area (Å²) in [6, 6.07) is 0. The predicted octanol–water partition coefficient (Wildman–Crippen LogP) is 3.95. The molecule has 100 valence electrons. The van der Waals surface area contributed by atoms with Crippen LogP contribution in [-0.4, -0.2) is 22.7 Å². The third-order valence-electron chi connectivity index (χ3n) is 4.72. The molecule has 0 radical (unpaired) electrons. The van der Waals surface area contributed by atoms with Crippen LogP contribution in [0.1, 0.15) is 52.4 Å². The predicted molar refractivity (Wildman–Crippen MR) is 76.3 cm³/mol. The van der Waals surface area contributed by atoms with Crippen LogP contribution in [0.15, 0.2) is 0 Å². The van der Waals surface area contributed by atoms with Crippen molar-refractivity contribution < 1.29 is 5.11 Å². The van der Waals surface area contributed by atoms with E-state index in [0.717, 1.165) is 23.5 Å². The zero-order chi connectivity index (χ0) is 12.3. The van der Waals surface area contributed by atoms with E-state index in [2.05, 4.69) is 13.8 Å². The second-order valence-electron chi connectivity index (χ2n) is 6.56. The van der Waals surface area contributed by atoms with Gasteiger partial charge >= 0.3 is 0 Å². The van der Waals surface area contributed by atoms with Gasteiger partial charge < -0.3 is 5.11 Å². The Labute approximate surface area is 111 Å². The number of hydrogen-bond acceptors (Lipinski definition) is 2. The number of rotatable bonds is 2. The van der Waals surface area contributed by atoms with Crippen molar-refractivity contribution >= 4 is 11.8 Å². The molecular formula is C15H28OS. The average molecular weight is 256 g/mol. The number of aliphatic hydroxyl groups excluding tert-OH is 1. The first-order chi connectivity index (χ1) is 8.15. The minimum atomic E-state index is -0.0599. The fraction of sp³-hybridized carbons (Fsp3) is 1.00. The standard InChI is InChI=1S/C15H28OS/c1-11-4-3-5-13(6-11)8-14-7-12(2)15(16)10-17-9-14/h11-16H,3-10H2,1-2H3. The molecule has 0 spiro atoms. The van der Waals surface area contributed by atoms with Gasteiger partial charge in [0.25, 0.3) is 0 Å². The van der Waals surface area contributed by atoms with Gasteiger partial charge in [-0.1, -0.05) is 33.1 Å². The van der Waals surface area contributed by atoms with Crippen molar-refractivity contribution in [2.75, 3.05) is 11.5 Å². The van der Waals surface area contributed by atoms with Gasteiger partial charge in [-0.3, -0.25) is 0 Å². The molecule has 0 aromatic rings. The van der Waals surface area contributed by atoms with Gasteiger partial charge in [0.1, 0.15) is 0 Å². The van der Waals surface area contributed by atoms with Crippen LogP contribution in [-0.2, 0) is 0 Å². The monoisotopic (exact) mass is 256 g/mol. The van der Waals surface area contributed by atoms with Crippen molar-refractivity contribution in [3.05, 3.63) is 0 Å². The molecule has 0 aromatic heterocycles. The number of thioether (sulfide) groups is 1. The molecule has 2 fully saturated rings. The summed E-state index contributed by atoms with van der Waals surface area (Å²) in [5.74, 6) is 5.55. The zero-order valence-corrected chi connectivity index (χ0v) is 12.2. The smallest absolute Gasteiger partial charge is 0.0656 e. The number of aliphatic hydroxyl groups is 1. The van der Waals surface area contributed by atoms with E-state index in [-0.39, 0.29) is 6.10 Å². The van der Waals surface area contributed by atoms with E-state index in [1.165, 1.54) is 44.3 Å². The molecule has 17 heavy (non-hydrogen) atoms. The Hall–Kier alpha value is 0.310. The van der Waals surface area contributed by atoms with Crippen molar-refractivity contribution in [1.29, 1.82) is 0 Å². The summed E-state index contributed by atoms with van der Waals surface area (Å²) in [7, 11) is 0. The second-order valence-corrected chi connectivity index (χ2v) is 7.63. The van der Waals surface area contributed by atoms with Gasteiger partial charge in [0.2, 0.25) is 0 Å². The van der Waals surface area contributed by atoms with Crippen molar-refractivity contribution in [3.63, 3.8) is 0 Å². The van der Waals surface area contributed by atoms with Crippen LogP contribution in [0.3, 0.4) is 0 Å². The third kappa shape index (κ3) is 4.17. The Bertz CT molecular complexity index is 231. The summed E-state index contributed by atoms with van der Waals surface area (Å²) in [4.78, 5) is 0. The lowest BCUT2D eigenvalue weighted by atomic mass is 9.77. The first-order valence-electron chi connectivity index (χ1n) is 7.41. The van der Waals surface area contributed by atoms with Gasteiger partial charge in [-0.15, -0.1) is 0 Å². The lowest BCUT2D eigenvalue weighted by Gasteiger charge is -2.30. The highest BCUT2D eigenvalue weighted by Gasteiger charge is 2.27. The first kappa shape index (κ1) is 13.7. The Morgan fingerprint density at radius 1 is 1.06 bits per heavy atom. The summed E-state index contributed by atoms with van der Waals surface area (Å²) in [5, 5.41) is 9.90. The summed E-state index contributed by atoms with van der Waals surface area (Å²) < 4.78 is 0. The maximum atomic E-state index is 9.90. The Morgan fingerprint density at radius 3 is 2.65 bits per heavy atom. The molecule has 1 N–H and O–H groups in total. The van der Waals surface area contributed by atoms with E-state index >= 15 is 0 Å². The highest BCUT2D eigenvalue weighted by molar-refractivity contribution is 7.99. The molecule has 1 saturated carbocycles. The molecule has 5 unspecified atom stereocenters. The normalized spacial score (nSPS) is 44.3. The van der Waals surface area contributed by atoms with Crippen LogP contribution in [0.4, 0.5) is 0 Å². The molecule has 1 heterocycles. The maximum Gasteiger partial charge on any atom is 0.0656 e. The van der Waals surface area contributed by atoms with Gasteiger partial charge in [0.05, 0.1) is 6.10 Å². The maximum absolute atomic E-state index is 9.90. The molecule has 2 heteroatoms. The molecule has 0 aromatic carbocycles. The fourth-order valence-electron chi connectivity index (χ4n) is 3.68. The van der Waals surface area contributed by atoms with Crippen LogP contribution in [0, 0.1) is 23.7 Å². The molecule has 5 atom stereocenters. The third-order valence-corrected chi connectivity index (χ3v) is 6.00. The Balaban J connectivity index is 1.81. The number of hydrogen-bond donors (Lipinski definition) is 1. The zero-order valence-electron chi connectivity index (χ0n) is 11.4. The minimum Gasteiger partial charge on any atom is -0.392 e. The molecule has 0 bridgehead atoms. The molecule has 2 aliphatic rings. The Kier molecular flexibility index (Phi) is 5.23. The lowest BCUT2D eigenvalue weighted by Crippen LogP contribution is -2.22. The van der Waals surface area contributed by atoms with Crippen LogP contribution in [0.5, 0.6) is 0 Å². The topological polar surface area (TPSA) is 20.2 Å². The van der Waals surface area contributed by atoms with Crippen LogP contribution in [0.25, 0.3) is 0 Å². The van der Waals surface area contributed by atoms with Gasteiger partial charge in [-0.25, -0.2) is 0 Å². The largest absolute Gasteiger partial charge is 0.392 e. The highest BCUT2D eigenvalue weighted by atomic mass is 32.2. The van der Waals surface area contributed by atoms with E-state index in [1.807, 2.05) is 11.8 Å². The van der Waals surface area contributed by atoms with E-state index in [9.17, 15) is 5.11 Å². The van der Waals surface area contributed by atoms with Gasteiger partial charge in [0, 0.05) is 5.75 Å².